The number of aromatic nitrogens is 2. The van der Waals surface area contributed by atoms with Crippen LogP contribution in [0.25, 0.3) is 0 Å². The van der Waals surface area contributed by atoms with Crippen LogP contribution in [-0.4, -0.2) is 91.9 Å². The summed E-state index contributed by atoms with van der Waals surface area (Å²) < 4.78 is 5.12. The Kier molecular flexibility index (Phi) is 6.45. The zero-order chi connectivity index (χ0) is 18.4. The maximum atomic E-state index is 12.4. The van der Waals surface area contributed by atoms with E-state index in [1.54, 1.807) is 13.3 Å². The summed E-state index contributed by atoms with van der Waals surface area (Å²) in [7, 11) is 1.72. The molecule has 0 aromatic carbocycles. The lowest BCUT2D eigenvalue weighted by Gasteiger charge is -2.35. The first-order chi connectivity index (χ1) is 12.7. The van der Waals surface area contributed by atoms with E-state index in [2.05, 4.69) is 20.2 Å². The standard InChI is InChI=1S/C17H28N6O3/c1-26-11-10-21-5-2-14(13-21)12-20-17(25)23-8-6-22(7-9-23)15-16(24)19-4-3-18-15/h3-4,14H,2,5-13H2,1H3,(H,19,24)(H,20,25). The van der Waals surface area contributed by atoms with Gasteiger partial charge in [0, 0.05) is 65.3 Å². The Morgan fingerprint density at radius 1 is 1.35 bits per heavy atom. The van der Waals surface area contributed by atoms with E-state index in [4.69, 9.17) is 4.74 Å². The summed E-state index contributed by atoms with van der Waals surface area (Å²) in [6.45, 7) is 6.91. The number of urea groups is 1. The molecule has 9 nitrogen and oxygen atoms in total. The van der Waals surface area contributed by atoms with Crippen LogP contribution in [0.2, 0.25) is 0 Å². The maximum absolute atomic E-state index is 12.4. The van der Waals surface area contributed by atoms with Crippen molar-refractivity contribution in [2.75, 3.05) is 71.0 Å². The zero-order valence-electron chi connectivity index (χ0n) is 15.3. The van der Waals surface area contributed by atoms with Gasteiger partial charge < -0.3 is 29.7 Å². The van der Waals surface area contributed by atoms with Gasteiger partial charge in [-0.2, -0.15) is 0 Å². The highest BCUT2D eigenvalue weighted by Gasteiger charge is 2.26. The van der Waals surface area contributed by atoms with E-state index in [-0.39, 0.29) is 11.6 Å². The van der Waals surface area contributed by atoms with Crippen LogP contribution < -0.4 is 15.8 Å². The molecule has 3 rings (SSSR count). The van der Waals surface area contributed by atoms with Gasteiger partial charge in [0.15, 0.2) is 5.82 Å². The van der Waals surface area contributed by atoms with Crippen LogP contribution in [0, 0.1) is 5.92 Å². The van der Waals surface area contributed by atoms with E-state index in [1.165, 1.54) is 6.20 Å². The molecule has 0 saturated carbocycles. The number of anilines is 1. The van der Waals surface area contributed by atoms with Crippen molar-refractivity contribution in [1.29, 1.82) is 0 Å². The second-order valence-electron chi connectivity index (χ2n) is 6.85. The summed E-state index contributed by atoms with van der Waals surface area (Å²) in [6.07, 6.45) is 4.21. The molecular formula is C17H28N6O3. The van der Waals surface area contributed by atoms with Gasteiger partial charge in [-0.25, -0.2) is 9.78 Å². The lowest BCUT2D eigenvalue weighted by molar-refractivity contribution is 0.158. The molecule has 0 aliphatic carbocycles. The molecule has 2 fully saturated rings. The zero-order valence-corrected chi connectivity index (χ0v) is 15.3. The van der Waals surface area contributed by atoms with Crippen LogP contribution in [0.1, 0.15) is 6.42 Å². The minimum Gasteiger partial charge on any atom is -0.383 e. The number of carbonyl (C=O) groups is 1. The number of methoxy groups -OCH3 is 1. The SMILES string of the molecule is COCCN1CCC(CNC(=O)N2CCN(c3ncc[nH]c3=O)CC2)C1. The number of hydrogen-bond acceptors (Lipinski definition) is 6. The second-order valence-corrected chi connectivity index (χ2v) is 6.85. The molecule has 1 aromatic rings. The molecule has 1 unspecified atom stereocenters. The number of amides is 2. The van der Waals surface area contributed by atoms with E-state index in [9.17, 15) is 9.59 Å². The third-order valence-electron chi connectivity index (χ3n) is 5.08. The minimum atomic E-state index is -0.190. The quantitative estimate of drug-likeness (QED) is 0.711. The van der Waals surface area contributed by atoms with E-state index in [0.717, 1.165) is 32.7 Å². The fraction of sp³-hybridized carbons (Fsp3) is 0.706. The molecule has 26 heavy (non-hydrogen) atoms. The van der Waals surface area contributed by atoms with Crippen LogP contribution in [0.3, 0.4) is 0 Å². The lowest BCUT2D eigenvalue weighted by Crippen LogP contribution is -2.53. The summed E-state index contributed by atoms with van der Waals surface area (Å²) in [4.78, 5) is 37.1. The Bertz CT molecular complexity index is 643. The van der Waals surface area contributed by atoms with Crippen LogP contribution >= 0.6 is 0 Å². The number of carbonyl (C=O) groups excluding carboxylic acids is 1. The van der Waals surface area contributed by atoms with Crippen LogP contribution in [0.15, 0.2) is 17.2 Å². The van der Waals surface area contributed by atoms with Crippen molar-refractivity contribution >= 4 is 11.8 Å². The first kappa shape index (κ1) is 18.7. The average Bonchev–Trinajstić information content (AvgIpc) is 3.13. The third kappa shape index (κ3) is 4.73. The van der Waals surface area contributed by atoms with Crippen molar-refractivity contribution in [3.63, 3.8) is 0 Å². The van der Waals surface area contributed by atoms with Gasteiger partial charge >= 0.3 is 6.03 Å². The predicted molar refractivity (Wildman–Crippen MR) is 98.5 cm³/mol. The molecule has 1 atom stereocenters. The number of piperazine rings is 1. The Hall–Kier alpha value is -2.13. The highest BCUT2D eigenvalue weighted by atomic mass is 16.5. The Labute approximate surface area is 153 Å². The van der Waals surface area contributed by atoms with Gasteiger partial charge in [-0.3, -0.25) is 4.79 Å². The number of aromatic amines is 1. The van der Waals surface area contributed by atoms with Gasteiger partial charge in [-0.05, 0) is 18.9 Å². The lowest BCUT2D eigenvalue weighted by atomic mass is 10.1. The molecule has 9 heteroatoms. The molecule has 3 heterocycles. The Balaban J connectivity index is 1.39. The molecule has 2 amide bonds. The number of nitrogens with zero attached hydrogens (tertiary/aromatic N) is 4. The van der Waals surface area contributed by atoms with Crippen molar-refractivity contribution in [2.24, 2.45) is 5.92 Å². The van der Waals surface area contributed by atoms with E-state index in [0.29, 0.717) is 44.5 Å². The topological polar surface area (TPSA) is 93.8 Å². The molecule has 2 N–H and O–H groups in total. The van der Waals surface area contributed by atoms with Gasteiger partial charge in [0.2, 0.25) is 0 Å². The minimum absolute atomic E-state index is 0.0186. The van der Waals surface area contributed by atoms with Gasteiger partial charge in [0.25, 0.3) is 5.56 Å². The van der Waals surface area contributed by atoms with E-state index < -0.39 is 0 Å². The molecule has 144 valence electrons. The van der Waals surface area contributed by atoms with Gasteiger partial charge in [-0.1, -0.05) is 0 Å². The van der Waals surface area contributed by atoms with Crippen molar-refractivity contribution in [2.45, 2.75) is 6.42 Å². The molecule has 2 aliphatic rings. The molecule has 0 bridgehead atoms. The van der Waals surface area contributed by atoms with E-state index in [1.807, 2.05) is 9.80 Å². The summed E-state index contributed by atoms with van der Waals surface area (Å²) in [5.41, 5.74) is -0.190. The molecule has 2 saturated heterocycles. The molecule has 0 spiro atoms. The Morgan fingerprint density at radius 2 is 2.15 bits per heavy atom. The fourth-order valence-electron chi connectivity index (χ4n) is 3.54. The molecule has 2 aliphatic heterocycles. The highest BCUT2D eigenvalue weighted by molar-refractivity contribution is 5.74. The summed E-state index contributed by atoms with van der Waals surface area (Å²) >= 11 is 0. The van der Waals surface area contributed by atoms with Gasteiger partial charge in [-0.15, -0.1) is 0 Å². The molecular weight excluding hydrogens is 336 g/mol. The van der Waals surface area contributed by atoms with Gasteiger partial charge in [0.1, 0.15) is 0 Å². The predicted octanol–water partition coefficient (Wildman–Crippen LogP) is -0.430. The first-order valence-corrected chi connectivity index (χ1v) is 9.20. The van der Waals surface area contributed by atoms with Gasteiger partial charge in [0.05, 0.1) is 6.61 Å². The number of ether oxygens (including phenoxy) is 1. The van der Waals surface area contributed by atoms with Crippen molar-refractivity contribution < 1.29 is 9.53 Å². The summed E-state index contributed by atoms with van der Waals surface area (Å²) in [5, 5.41) is 3.06. The number of H-pyrrole nitrogens is 1. The van der Waals surface area contributed by atoms with Crippen molar-refractivity contribution in [1.82, 2.24) is 25.1 Å². The van der Waals surface area contributed by atoms with Crippen molar-refractivity contribution in [3.8, 4) is 0 Å². The smallest absolute Gasteiger partial charge is 0.317 e. The number of nitrogens with one attached hydrogen (secondary N) is 2. The fourth-order valence-corrected chi connectivity index (χ4v) is 3.54. The van der Waals surface area contributed by atoms with E-state index >= 15 is 0 Å². The highest BCUT2D eigenvalue weighted by Crippen LogP contribution is 2.15. The molecule has 0 radical (unpaired) electrons. The average molecular weight is 364 g/mol. The maximum Gasteiger partial charge on any atom is 0.317 e. The first-order valence-electron chi connectivity index (χ1n) is 9.20. The number of likely N-dealkylation sites (tertiary alicyclic amines) is 1. The molecule has 1 aromatic heterocycles. The summed E-state index contributed by atoms with van der Waals surface area (Å²) in [6, 6.07) is -0.0186. The Morgan fingerprint density at radius 3 is 2.88 bits per heavy atom. The van der Waals surface area contributed by atoms with Crippen LogP contribution in [0.4, 0.5) is 10.6 Å². The van der Waals surface area contributed by atoms with Crippen LogP contribution in [-0.2, 0) is 4.74 Å². The summed E-state index contributed by atoms with van der Waals surface area (Å²) in [5.74, 6) is 0.929. The largest absolute Gasteiger partial charge is 0.383 e. The van der Waals surface area contributed by atoms with Crippen LogP contribution in [0.5, 0.6) is 0 Å². The number of hydrogen-bond donors (Lipinski definition) is 2. The third-order valence-corrected chi connectivity index (χ3v) is 5.08. The van der Waals surface area contributed by atoms with Crippen molar-refractivity contribution in [3.05, 3.63) is 22.7 Å². The number of rotatable bonds is 6. The second kappa shape index (κ2) is 9.00. The monoisotopic (exact) mass is 364 g/mol. The normalized spacial score (nSPS) is 21.2.